The minimum atomic E-state index is 0.384. The summed E-state index contributed by atoms with van der Waals surface area (Å²) in [6.07, 6.45) is 1.44. The van der Waals surface area contributed by atoms with Crippen molar-refractivity contribution < 1.29 is 4.74 Å². The van der Waals surface area contributed by atoms with E-state index in [4.69, 9.17) is 4.74 Å². The lowest BCUT2D eigenvalue weighted by Gasteiger charge is -2.04. The summed E-state index contributed by atoms with van der Waals surface area (Å²) >= 11 is 5.81. The number of rotatable bonds is 1. The quantitative estimate of drug-likeness (QED) is 0.564. The van der Waals surface area contributed by atoms with Gasteiger partial charge in [-0.05, 0) is 23.8 Å². The van der Waals surface area contributed by atoms with Crippen molar-refractivity contribution in [1.82, 2.24) is 0 Å². The lowest BCUT2D eigenvalue weighted by molar-refractivity contribution is 0.262. The van der Waals surface area contributed by atoms with Crippen molar-refractivity contribution in [3.8, 4) is 5.75 Å². The summed E-state index contributed by atoms with van der Waals surface area (Å²) in [7, 11) is 0. The number of halogens is 2. The Balaban J connectivity index is 2.30. The molecule has 0 spiro atoms. The van der Waals surface area contributed by atoms with E-state index in [1.54, 1.807) is 0 Å². The van der Waals surface area contributed by atoms with Gasteiger partial charge in [0.2, 0.25) is 0 Å². The third-order valence-corrected chi connectivity index (χ3v) is 3.41. The van der Waals surface area contributed by atoms with Crippen LogP contribution in [0.3, 0.4) is 0 Å². The summed E-state index contributed by atoms with van der Waals surface area (Å²) in [5.41, 5.74) is 1.33. The lowest BCUT2D eigenvalue weighted by atomic mass is 10.1. The molecule has 1 aliphatic rings. The van der Waals surface area contributed by atoms with Crippen molar-refractivity contribution in [1.29, 1.82) is 0 Å². The first-order valence-electron chi connectivity index (χ1n) is 3.80. The Morgan fingerprint density at radius 1 is 1.58 bits per heavy atom. The van der Waals surface area contributed by atoms with Crippen LogP contribution in [-0.2, 0) is 6.42 Å². The molecule has 12 heavy (non-hydrogen) atoms. The molecule has 0 saturated carbocycles. The summed E-state index contributed by atoms with van der Waals surface area (Å²) in [4.78, 5) is 0. The van der Waals surface area contributed by atoms with Crippen LogP contribution in [0.2, 0.25) is 0 Å². The fourth-order valence-corrected chi connectivity index (χ4v) is 2.27. The molecule has 1 aromatic rings. The molecular formula is C9H8BrIO. The molecule has 1 nitrogen and oxygen atoms in total. The monoisotopic (exact) mass is 338 g/mol. The van der Waals surface area contributed by atoms with Crippen LogP contribution < -0.4 is 4.74 Å². The molecule has 1 atom stereocenters. The van der Waals surface area contributed by atoms with E-state index >= 15 is 0 Å². The van der Waals surface area contributed by atoms with Gasteiger partial charge in [-0.15, -0.1) is 0 Å². The van der Waals surface area contributed by atoms with E-state index in [1.165, 1.54) is 5.56 Å². The molecule has 1 unspecified atom stereocenters. The van der Waals surface area contributed by atoms with Crippen LogP contribution in [-0.4, -0.2) is 10.5 Å². The molecule has 0 aromatic heterocycles. The smallest absolute Gasteiger partial charge is 0.123 e. The zero-order chi connectivity index (χ0) is 8.55. The van der Waals surface area contributed by atoms with E-state index in [0.717, 1.165) is 21.1 Å². The zero-order valence-corrected chi connectivity index (χ0v) is 10.1. The fraction of sp³-hybridized carbons (Fsp3) is 0.333. The van der Waals surface area contributed by atoms with Gasteiger partial charge >= 0.3 is 0 Å². The van der Waals surface area contributed by atoms with Crippen molar-refractivity contribution in [3.05, 3.63) is 28.2 Å². The molecule has 0 aliphatic carbocycles. The van der Waals surface area contributed by atoms with Crippen molar-refractivity contribution in [2.45, 2.75) is 12.5 Å². The Kier molecular flexibility index (Phi) is 2.60. The Bertz CT molecular complexity index is 301. The van der Waals surface area contributed by atoms with Gasteiger partial charge in [-0.2, -0.15) is 0 Å². The average molecular weight is 339 g/mol. The van der Waals surface area contributed by atoms with Crippen molar-refractivity contribution >= 4 is 38.5 Å². The van der Waals surface area contributed by atoms with Crippen LogP contribution in [0.15, 0.2) is 22.7 Å². The van der Waals surface area contributed by atoms with Crippen LogP contribution in [0.4, 0.5) is 0 Å². The van der Waals surface area contributed by atoms with Crippen molar-refractivity contribution in [3.63, 3.8) is 0 Å². The van der Waals surface area contributed by atoms with Gasteiger partial charge in [-0.1, -0.05) is 38.5 Å². The predicted octanol–water partition coefficient (Wildman–Crippen LogP) is 3.19. The molecule has 2 rings (SSSR count). The van der Waals surface area contributed by atoms with E-state index in [0.29, 0.717) is 6.10 Å². The highest BCUT2D eigenvalue weighted by Gasteiger charge is 2.21. The second kappa shape index (κ2) is 3.54. The van der Waals surface area contributed by atoms with Gasteiger partial charge in [0.25, 0.3) is 0 Å². The molecule has 0 amide bonds. The van der Waals surface area contributed by atoms with Crippen LogP contribution >= 0.6 is 38.5 Å². The van der Waals surface area contributed by atoms with E-state index in [1.807, 2.05) is 12.1 Å². The Morgan fingerprint density at radius 2 is 2.42 bits per heavy atom. The fourth-order valence-electron chi connectivity index (χ4n) is 1.38. The molecule has 1 aliphatic heterocycles. The number of hydrogen-bond acceptors (Lipinski definition) is 1. The van der Waals surface area contributed by atoms with Crippen LogP contribution in [0.1, 0.15) is 5.56 Å². The maximum absolute atomic E-state index is 5.68. The first kappa shape index (κ1) is 8.81. The molecular weight excluding hydrogens is 331 g/mol. The van der Waals surface area contributed by atoms with Gasteiger partial charge in [0, 0.05) is 15.3 Å². The Labute approximate surface area is 93.8 Å². The second-order valence-corrected chi connectivity index (χ2v) is 4.65. The third-order valence-electron chi connectivity index (χ3n) is 1.94. The molecule has 1 heterocycles. The first-order chi connectivity index (χ1) is 5.79. The molecule has 1 aromatic carbocycles. The van der Waals surface area contributed by atoms with Gasteiger partial charge in [-0.3, -0.25) is 0 Å². The average Bonchev–Trinajstić information content (AvgIpc) is 2.46. The molecule has 0 saturated heterocycles. The summed E-state index contributed by atoms with van der Waals surface area (Å²) in [5.74, 6) is 1.06. The van der Waals surface area contributed by atoms with E-state index in [2.05, 4.69) is 44.6 Å². The number of benzene rings is 1. The topological polar surface area (TPSA) is 9.23 Å². The molecule has 3 heteroatoms. The Morgan fingerprint density at radius 3 is 3.17 bits per heavy atom. The maximum atomic E-state index is 5.68. The third kappa shape index (κ3) is 1.62. The SMILES string of the molecule is Brc1ccc2c(c1)CC(CI)O2. The summed E-state index contributed by atoms with van der Waals surface area (Å²) in [5, 5.41) is 0. The first-order valence-corrected chi connectivity index (χ1v) is 6.12. The van der Waals surface area contributed by atoms with Gasteiger partial charge < -0.3 is 4.74 Å². The highest BCUT2D eigenvalue weighted by Crippen LogP contribution is 2.31. The highest BCUT2D eigenvalue weighted by molar-refractivity contribution is 14.1. The summed E-state index contributed by atoms with van der Waals surface area (Å²) in [6, 6.07) is 6.20. The molecule has 0 N–H and O–H groups in total. The van der Waals surface area contributed by atoms with Crippen LogP contribution in [0.5, 0.6) is 5.75 Å². The van der Waals surface area contributed by atoms with E-state index in [9.17, 15) is 0 Å². The second-order valence-electron chi connectivity index (χ2n) is 2.85. The predicted molar refractivity (Wildman–Crippen MR) is 61.1 cm³/mol. The number of alkyl halides is 1. The van der Waals surface area contributed by atoms with Crippen LogP contribution in [0.25, 0.3) is 0 Å². The molecule has 0 bridgehead atoms. The van der Waals surface area contributed by atoms with Gasteiger partial charge in [0.1, 0.15) is 11.9 Å². The van der Waals surface area contributed by atoms with E-state index in [-0.39, 0.29) is 0 Å². The van der Waals surface area contributed by atoms with Gasteiger partial charge in [-0.25, -0.2) is 0 Å². The Hall–Kier alpha value is 0.230. The van der Waals surface area contributed by atoms with Gasteiger partial charge in [0.15, 0.2) is 0 Å². The van der Waals surface area contributed by atoms with Crippen molar-refractivity contribution in [2.24, 2.45) is 0 Å². The molecule has 64 valence electrons. The summed E-state index contributed by atoms with van der Waals surface area (Å²) in [6.45, 7) is 0. The largest absolute Gasteiger partial charge is 0.489 e. The maximum Gasteiger partial charge on any atom is 0.123 e. The summed E-state index contributed by atoms with van der Waals surface area (Å²) < 4.78 is 7.88. The van der Waals surface area contributed by atoms with E-state index < -0.39 is 0 Å². The normalized spacial score (nSPS) is 20.3. The standard InChI is InChI=1S/C9H8BrIO/c10-7-1-2-9-6(3-7)4-8(5-11)12-9/h1-3,8H,4-5H2. The molecule has 0 fully saturated rings. The van der Waals surface area contributed by atoms with Gasteiger partial charge in [0.05, 0.1) is 0 Å². The number of fused-ring (bicyclic) bond motifs is 1. The highest BCUT2D eigenvalue weighted by atomic mass is 127. The minimum absolute atomic E-state index is 0.384. The van der Waals surface area contributed by atoms with Crippen LogP contribution in [0, 0.1) is 0 Å². The van der Waals surface area contributed by atoms with Crippen molar-refractivity contribution in [2.75, 3.05) is 4.43 Å². The minimum Gasteiger partial charge on any atom is -0.489 e. The number of hydrogen-bond donors (Lipinski definition) is 0. The number of ether oxygens (including phenoxy) is 1. The molecule has 0 radical (unpaired) electrons. The lowest BCUT2D eigenvalue weighted by Crippen LogP contribution is -2.13. The zero-order valence-electron chi connectivity index (χ0n) is 6.39.